The first-order chi connectivity index (χ1) is 16.1. The van der Waals surface area contributed by atoms with Crippen LogP contribution >= 0.6 is 0 Å². The molecule has 0 aliphatic carbocycles. The standard InChI is InChI=1S/C26H27N5O2/c27-21-5-1-2-6-22(21)29-25(32)19-11-9-18(10-12-19)17-30-23-7-3-4-8-24(23)31(26(30)33)20-13-15-28-16-14-20/h1-12,20,28H,13-17,27H2,(H,29,32). The molecular formula is C26H27N5O2. The van der Waals surface area contributed by atoms with E-state index in [9.17, 15) is 9.59 Å². The molecule has 168 valence electrons. The Labute approximate surface area is 191 Å². The number of amides is 1. The number of carbonyl (C=O) groups is 1. The maximum atomic E-state index is 13.4. The number of rotatable bonds is 5. The summed E-state index contributed by atoms with van der Waals surface area (Å²) in [5, 5.41) is 6.21. The molecule has 0 spiro atoms. The third-order valence-electron chi connectivity index (χ3n) is 6.31. The van der Waals surface area contributed by atoms with Gasteiger partial charge in [0.25, 0.3) is 5.91 Å². The van der Waals surface area contributed by atoms with Crippen molar-refractivity contribution in [2.75, 3.05) is 24.1 Å². The first kappa shape index (κ1) is 21.0. The first-order valence-electron chi connectivity index (χ1n) is 11.3. The Morgan fingerprint density at radius 2 is 1.61 bits per heavy atom. The number of hydrogen-bond donors (Lipinski definition) is 3. The van der Waals surface area contributed by atoms with Crippen LogP contribution in [0.2, 0.25) is 0 Å². The Balaban J connectivity index is 1.40. The van der Waals surface area contributed by atoms with Crippen LogP contribution in [0.15, 0.2) is 77.6 Å². The zero-order valence-electron chi connectivity index (χ0n) is 18.3. The molecule has 5 rings (SSSR count). The summed E-state index contributed by atoms with van der Waals surface area (Å²) in [5.41, 5.74) is 10.4. The van der Waals surface area contributed by atoms with Gasteiger partial charge in [-0.1, -0.05) is 36.4 Å². The van der Waals surface area contributed by atoms with Gasteiger partial charge in [0.2, 0.25) is 0 Å². The van der Waals surface area contributed by atoms with Crippen molar-refractivity contribution in [2.24, 2.45) is 0 Å². The fourth-order valence-electron chi connectivity index (χ4n) is 4.55. The number of hydrogen-bond acceptors (Lipinski definition) is 4. The summed E-state index contributed by atoms with van der Waals surface area (Å²) in [6.45, 7) is 2.30. The number of imidazole rings is 1. The van der Waals surface area contributed by atoms with Crippen molar-refractivity contribution in [2.45, 2.75) is 25.4 Å². The van der Waals surface area contributed by atoms with E-state index >= 15 is 0 Å². The highest BCUT2D eigenvalue weighted by atomic mass is 16.2. The number of piperidine rings is 1. The van der Waals surface area contributed by atoms with Crippen LogP contribution in [-0.4, -0.2) is 28.1 Å². The predicted molar refractivity (Wildman–Crippen MR) is 132 cm³/mol. The zero-order chi connectivity index (χ0) is 22.8. The lowest BCUT2D eigenvalue weighted by Gasteiger charge is -2.23. The van der Waals surface area contributed by atoms with E-state index < -0.39 is 0 Å². The van der Waals surface area contributed by atoms with Gasteiger partial charge < -0.3 is 16.4 Å². The second-order valence-electron chi connectivity index (χ2n) is 8.45. The second-order valence-corrected chi connectivity index (χ2v) is 8.45. The van der Waals surface area contributed by atoms with Crippen LogP contribution in [-0.2, 0) is 6.54 Å². The highest BCUT2D eigenvalue weighted by molar-refractivity contribution is 6.05. The number of benzene rings is 3. The molecule has 1 amide bonds. The molecule has 1 saturated heterocycles. The van der Waals surface area contributed by atoms with Crippen LogP contribution in [0.25, 0.3) is 11.0 Å². The molecular weight excluding hydrogens is 414 g/mol. The van der Waals surface area contributed by atoms with Gasteiger partial charge in [-0.3, -0.25) is 13.9 Å². The smallest absolute Gasteiger partial charge is 0.329 e. The summed E-state index contributed by atoms with van der Waals surface area (Å²) in [7, 11) is 0. The lowest BCUT2D eigenvalue weighted by atomic mass is 10.1. The maximum Gasteiger partial charge on any atom is 0.329 e. The van der Waals surface area contributed by atoms with Crippen LogP contribution in [0.5, 0.6) is 0 Å². The fourth-order valence-corrected chi connectivity index (χ4v) is 4.55. The average Bonchev–Trinajstić information content (AvgIpc) is 3.12. The van der Waals surface area contributed by atoms with Crippen LogP contribution in [0.4, 0.5) is 11.4 Å². The Bertz CT molecular complexity index is 1350. The number of nitrogens with zero attached hydrogens (tertiary/aromatic N) is 2. The Morgan fingerprint density at radius 1 is 0.939 bits per heavy atom. The minimum absolute atomic E-state index is 0.0180. The number of nitrogen functional groups attached to an aromatic ring is 1. The quantitative estimate of drug-likeness (QED) is 0.413. The molecule has 0 bridgehead atoms. The zero-order valence-corrected chi connectivity index (χ0v) is 18.3. The highest BCUT2D eigenvalue weighted by Crippen LogP contribution is 2.24. The second kappa shape index (κ2) is 8.96. The Hall–Kier alpha value is -3.84. The van der Waals surface area contributed by atoms with Gasteiger partial charge in [0, 0.05) is 11.6 Å². The van der Waals surface area contributed by atoms with Gasteiger partial charge in [-0.25, -0.2) is 4.79 Å². The van der Waals surface area contributed by atoms with Gasteiger partial charge in [-0.05, 0) is 67.9 Å². The molecule has 2 heterocycles. The topological polar surface area (TPSA) is 94.1 Å². The van der Waals surface area contributed by atoms with E-state index in [-0.39, 0.29) is 17.6 Å². The van der Waals surface area contributed by atoms with Gasteiger partial charge in [0.05, 0.1) is 29.0 Å². The van der Waals surface area contributed by atoms with E-state index in [1.54, 1.807) is 24.3 Å². The summed E-state index contributed by atoms with van der Waals surface area (Å²) in [6.07, 6.45) is 1.90. The van der Waals surface area contributed by atoms with Crippen LogP contribution in [0.3, 0.4) is 0 Å². The minimum Gasteiger partial charge on any atom is -0.397 e. The average molecular weight is 442 g/mol. The van der Waals surface area contributed by atoms with Crippen molar-refractivity contribution < 1.29 is 4.79 Å². The molecule has 1 aliphatic heterocycles. The number of nitrogens with two attached hydrogens (primary N) is 1. The largest absolute Gasteiger partial charge is 0.397 e. The third kappa shape index (κ3) is 4.15. The summed E-state index contributed by atoms with van der Waals surface area (Å²) in [4.78, 5) is 26.0. The molecule has 0 radical (unpaired) electrons. The summed E-state index contributed by atoms with van der Waals surface area (Å²) < 4.78 is 3.79. The van der Waals surface area contributed by atoms with Crippen LogP contribution in [0, 0.1) is 0 Å². The van der Waals surface area contributed by atoms with Crippen molar-refractivity contribution in [3.05, 3.63) is 94.4 Å². The molecule has 1 aromatic heterocycles. The van der Waals surface area contributed by atoms with Crippen LogP contribution < -0.4 is 22.1 Å². The number of fused-ring (bicyclic) bond motifs is 1. The van der Waals surface area contributed by atoms with Gasteiger partial charge in [0.15, 0.2) is 0 Å². The number of carbonyl (C=O) groups excluding carboxylic acids is 1. The predicted octanol–water partition coefficient (Wildman–Crippen LogP) is 3.61. The van der Waals surface area contributed by atoms with Gasteiger partial charge in [-0.2, -0.15) is 0 Å². The molecule has 3 aromatic carbocycles. The molecule has 33 heavy (non-hydrogen) atoms. The molecule has 7 heteroatoms. The number of nitrogens with one attached hydrogen (secondary N) is 2. The monoisotopic (exact) mass is 441 g/mol. The highest BCUT2D eigenvalue weighted by Gasteiger charge is 2.22. The van der Waals surface area contributed by atoms with E-state index in [2.05, 4.69) is 10.6 Å². The number of para-hydroxylation sites is 4. The number of aromatic nitrogens is 2. The van der Waals surface area contributed by atoms with E-state index in [0.29, 0.717) is 23.5 Å². The van der Waals surface area contributed by atoms with Crippen molar-refractivity contribution in [3.8, 4) is 0 Å². The van der Waals surface area contributed by atoms with E-state index in [1.807, 2.05) is 57.7 Å². The lowest BCUT2D eigenvalue weighted by molar-refractivity contribution is 0.102. The van der Waals surface area contributed by atoms with Gasteiger partial charge in [0.1, 0.15) is 0 Å². The Kier molecular flexibility index (Phi) is 5.71. The van der Waals surface area contributed by atoms with E-state index in [1.165, 1.54) is 0 Å². The summed E-state index contributed by atoms with van der Waals surface area (Å²) in [6, 6.07) is 22.7. The molecule has 4 N–H and O–H groups in total. The molecule has 0 saturated carbocycles. The molecule has 1 aliphatic rings. The van der Waals surface area contributed by atoms with Crippen molar-refractivity contribution in [1.29, 1.82) is 0 Å². The molecule has 7 nitrogen and oxygen atoms in total. The molecule has 1 fully saturated rings. The maximum absolute atomic E-state index is 13.4. The summed E-state index contributed by atoms with van der Waals surface area (Å²) >= 11 is 0. The fraction of sp³-hybridized carbons (Fsp3) is 0.231. The van der Waals surface area contributed by atoms with Crippen LogP contribution in [0.1, 0.15) is 34.8 Å². The van der Waals surface area contributed by atoms with Crippen molar-refractivity contribution >= 4 is 28.3 Å². The third-order valence-corrected chi connectivity index (χ3v) is 6.31. The van der Waals surface area contributed by atoms with Gasteiger partial charge >= 0.3 is 5.69 Å². The minimum atomic E-state index is -0.223. The van der Waals surface area contributed by atoms with E-state index in [0.717, 1.165) is 42.5 Å². The molecule has 0 atom stereocenters. The van der Waals surface area contributed by atoms with E-state index in [4.69, 9.17) is 5.73 Å². The van der Waals surface area contributed by atoms with Crippen molar-refractivity contribution in [3.63, 3.8) is 0 Å². The number of anilines is 2. The first-order valence-corrected chi connectivity index (χ1v) is 11.3. The molecule has 0 unspecified atom stereocenters. The summed E-state index contributed by atoms with van der Waals surface area (Å²) in [5.74, 6) is -0.223. The normalized spacial score (nSPS) is 14.4. The molecule has 4 aromatic rings. The van der Waals surface area contributed by atoms with Crippen molar-refractivity contribution in [1.82, 2.24) is 14.5 Å². The SMILES string of the molecule is Nc1ccccc1NC(=O)c1ccc(Cn2c(=O)n(C3CCNCC3)c3ccccc32)cc1. The Morgan fingerprint density at radius 3 is 2.33 bits per heavy atom. The van der Waals surface area contributed by atoms with Gasteiger partial charge in [-0.15, -0.1) is 0 Å². The lowest BCUT2D eigenvalue weighted by Crippen LogP contribution is -2.35.